The van der Waals surface area contributed by atoms with Gasteiger partial charge in [0.1, 0.15) is 0 Å². The van der Waals surface area contributed by atoms with Gasteiger partial charge in [0.05, 0.1) is 0 Å². The highest BCUT2D eigenvalue weighted by Gasteiger charge is 2.34. The molecule has 0 aliphatic carbocycles. The molecule has 0 saturated carbocycles. The predicted molar refractivity (Wildman–Crippen MR) is 82.6 cm³/mol. The molecule has 3 N–H and O–H groups in total. The molecular weight excluding hydrogens is 290 g/mol. The molecule has 0 aromatic heterocycles. The minimum absolute atomic E-state index is 0. The Morgan fingerprint density at radius 1 is 1.19 bits per heavy atom. The predicted octanol–water partition coefficient (Wildman–Crippen LogP) is 0.889. The summed E-state index contributed by atoms with van der Waals surface area (Å²) in [6.45, 7) is 3.67. The van der Waals surface area contributed by atoms with E-state index in [1.165, 1.54) is 0 Å². The van der Waals surface area contributed by atoms with E-state index in [9.17, 15) is 9.59 Å². The van der Waals surface area contributed by atoms with Gasteiger partial charge in [-0.25, -0.2) is 0 Å². The van der Waals surface area contributed by atoms with E-state index in [-0.39, 0.29) is 18.3 Å². The number of nitrogens with one attached hydrogen (secondary N) is 1. The van der Waals surface area contributed by atoms with Crippen molar-refractivity contribution in [3.05, 3.63) is 35.4 Å². The fourth-order valence-corrected chi connectivity index (χ4v) is 3.21. The molecule has 0 bridgehead atoms. The Bertz CT molecular complexity index is 549. The van der Waals surface area contributed by atoms with Crippen molar-refractivity contribution in [3.8, 4) is 0 Å². The first-order valence-electron chi connectivity index (χ1n) is 7.05. The van der Waals surface area contributed by atoms with Crippen LogP contribution in [-0.4, -0.2) is 42.9 Å². The average Bonchev–Trinajstić information content (AvgIpc) is 2.94. The van der Waals surface area contributed by atoms with E-state index in [2.05, 4.69) is 5.32 Å². The molecule has 5 nitrogen and oxygen atoms in total. The van der Waals surface area contributed by atoms with Crippen molar-refractivity contribution in [2.45, 2.75) is 6.42 Å². The molecule has 2 aliphatic heterocycles. The Hall–Kier alpha value is -1.59. The molecule has 3 rings (SSSR count). The smallest absolute Gasteiger partial charge is 0.253 e. The van der Waals surface area contributed by atoms with E-state index < -0.39 is 5.91 Å². The SMILES string of the molecule is Cl.NC(=O)c1cccc(C(=O)N2CCC3CNCC3C2)c1. The van der Waals surface area contributed by atoms with Crippen LogP contribution in [0.1, 0.15) is 27.1 Å². The first-order chi connectivity index (χ1) is 9.65. The lowest BCUT2D eigenvalue weighted by atomic mass is 9.88. The summed E-state index contributed by atoms with van der Waals surface area (Å²) in [5.41, 5.74) is 6.19. The number of hydrogen-bond acceptors (Lipinski definition) is 3. The van der Waals surface area contributed by atoms with Crippen molar-refractivity contribution < 1.29 is 9.59 Å². The number of nitrogens with zero attached hydrogens (tertiary/aromatic N) is 1. The summed E-state index contributed by atoms with van der Waals surface area (Å²) in [7, 11) is 0. The number of fused-ring (bicyclic) bond motifs is 1. The molecule has 2 heterocycles. The molecule has 1 aromatic carbocycles. The second-order valence-corrected chi connectivity index (χ2v) is 5.66. The van der Waals surface area contributed by atoms with Crippen LogP contribution in [0.15, 0.2) is 24.3 Å². The zero-order chi connectivity index (χ0) is 14.1. The van der Waals surface area contributed by atoms with Crippen LogP contribution < -0.4 is 11.1 Å². The van der Waals surface area contributed by atoms with Gasteiger partial charge in [-0.15, -0.1) is 12.4 Å². The van der Waals surface area contributed by atoms with Gasteiger partial charge in [0.2, 0.25) is 5.91 Å². The van der Waals surface area contributed by atoms with Gasteiger partial charge < -0.3 is 16.0 Å². The van der Waals surface area contributed by atoms with Crippen LogP contribution >= 0.6 is 12.4 Å². The third kappa shape index (κ3) is 3.19. The van der Waals surface area contributed by atoms with Gasteiger partial charge in [0, 0.05) is 24.2 Å². The zero-order valence-corrected chi connectivity index (χ0v) is 12.6. The van der Waals surface area contributed by atoms with E-state index in [4.69, 9.17) is 5.73 Å². The fraction of sp³-hybridized carbons (Fsp3) is 0.467. The number of carbonyl (C=O) groups is 2. The molecule has 2 saturated heterocycles. The van der Waals surface area contributed by atoms with Crippen LogP contribution in [0.4, 0.5) is 0 Å². The topological polar surface area (TPSA) is 75.4 Å². The van der Waals surface area contributed by atoms with Crippen LogP contribution in [0.5, 0.6) is 0 Å². The summed E-state index contributed by atoms with van der Waals surface area (Å²) in [5, 5.41) is 3.39. The molecule has 2 amide bonds. The van der Waals surface area contributed by atoms with Crippen LogP contribution in [0.25, 0.3) is 0 Å². The molecule has 6 heteroatoms. The zero-order valence-electron chi connectivity index (χ0n) is 11.7. The second kappa shape index (κ2) is 6.45. The van der Waals surface area contributed by atoms with Gasteiger partial charge >= 0.3 is 0 Å². The summed E-state index contributed by atoms with van der Waals surface area (Å²) in [6, 6.07) is 6.67. The number of piperidine rings is 1. The fourth-order valence-electron chi connectivity index (χ4n) is 3.21. The van der Waals surface area contributed by atoms with Crippen LogP contribution in [0.2, 0.25) is 0 Å². The molecule has 2 fully saturated rings. The highest BCUT2D eigenvalue weighted by Crippen LogP contribution is 2.27. The van der Waals surface area contributed by atoms with Gasteiger partial charge in [-0.2, -0.15) is 0 Å². The Kier molecular flexibility index (Phi) is 4.85. The maximum absolute atomic E-state index is 12.5. The summed E-state index contributed by atoms with van der Waals surface area (Å²) in [4.78, 5) is 25.6. The van der Waals surface area contributed by atoms with Crippen LogP contribution in [-0.2, 0) is 0 Å². The minimum Gasteiger partial charge on any atom is -0.366 e. The monoisotopic (exact) mass is 309 g/mol. The van der Waals surface area contributed by atoms with Gasteiger partial charge in [-0.05, 0) is 49.5 Å². The van der Waals surface area contributed by atoms with Crippen molar-refractivity contribution in [1.29, 1.82) is 0 Å². The summed E-state index contributed by atoms with van der Waals surface area (Å²) < 4.78 is 0. The van der Waals surface area contributed by atoms with Crippen molar-refractivity contribution in [3.63, 3.8) is 0 Å². The first-order valence-corrected chi connectivity index (χ1v) is 7.05. The van der Waals surface area contributed by atoms with Gasteiger partial charge in [-0.1, -0.05) is 6.07 Å². The van der Waals surface area contributed by atoms with E-state index in [0.29, 0.717) is 23.0 Å². The molecule has 2 unspecified atom stereocenters. The van der Waals surface area contributed by atoms with Crippen molar-refractivity contribution in [2.75, 3.05) is 26.2 Å². The first kappa shape index (κ1) is 15.8. The van der Waals surface area contributed by atoms with Crippen LogP contribution in [0.3, 0.4) is 0 Å². The summed E-state index contributed by atoms with van der Waals surface area (Å²) >= 11 is 0. The van der Waals surface area contributed by atoms with E-state index in [0.717, 1.165) is 32.6 Å². The maximum Gasteiger partial charge on any atom is 0.253 e. The number of halogens is 1. The molecule has 114 valence electrons. The Morgan fingerprint density at radius 3 is 2.67 bits per heavy atom. The highest BCUT2D eigenvalue weighted by molar-refractivity contribution is 5.99. The molecule has 0 spiro atoms. The largest absolute Gasteiger partial charge is 0.366 e. The Labute approximate surface area is 130 Å². The number of amides is 2. The van der Waals surface area contributed by atoms with Crippen molar-refractivity contribution >= 4 is 24.2 Å². The lowest BCUT2D eigenvalue weighted by Crippen LogP contribution is -2.43. The Balaban J connectivity index is 0.00000161. The normalized spacial score (nSPS) is 24.1. The van der Waals surface area contributed by atoms with Gasteiger partial charge in [-0.3, -0.25) is 9.59 Å². The van der Waals surface area contributed by atoms with Gasteiger partial charge in [0.25, 0.3) is 5.91 Å². The maximum atomic E-state index is 12.5. The number of nitrogens with two attached hydrogens (primary N) is 1. The summed E-state index contributed by atoms with van der Waals surface area (Å²) in [6.07, 6.45) is 1.05. The van der Waals surface area contributed by atoms with Gasteiger partial charge in [0.15, 0.2) is 0 Å². The molecule has 2 aliphatic rings. The Morgan fingerprint density at radius 2 is 1.90 bits per heavy atom. The van der Waals surface area contributed by atoms with Crippen LogP contribution in [0, 0.1) is 11.8 Å². The molecule has 2 atom stereocenters. The molecule has 1 aromatic rings. The molecule has 0 radical (unpaired) electrons. The minimum atomic E-state index is -0.502. The third-order valence-corrected chi connectivity index (χ3v) is 4.39. The lowest BCUT2D eigenvalue weighted by Gasteiger charge is -2.34. The quantitative estimate of drug-likeness (QED) is 0.852. The van der Waals surface area contributed by atoms with E-state index in [1.807, 2.05) is 4.90 Å². The second-order valence-electron chi connectivity index (χ2n) is 5.66. The summed E-state index contributed by atoms with van der Waals surface area (Å²) in [5.74, 6) is 0.764. The number of benzene rings is 1. The highest BCUT2D eigenvalue weighted by atomic mass is 35.5. The standard InChI is InChI=1S/C15H19N3O2.ClH/c16-14(19)10-2-1-3-11(6-10)15(20)18-5-4-12-7-17-8-13(12)9-18;/h1-3,6,12-13,17H,4-5,7-9H2,(H2,16,19);1H. The number of hydrogen-bond donors (Lipinski definition) is 2. The van der Waals surface area contributed by atoms with Crippen molar-refractivity contribution in [1.82, 2.24) is 10.2 Å². The average molecular weight is 310 g/mol. The van der Waals surface area contributed by atoms with E-state index >= 15 is 0 Å². The molecular formula is C15H20ClN3O2. The number of primary amides is 1. The number of carbonyl (C=O) groups excluding carboxylic acids is 2. The lowest BCUT2D eigenvalue weighted by molar-refractivity contribution is 0.0642. The molecule has 21 heavy (non-hydrogen) atoms. The van der Waals surface area contributed by atoms with Crippen molar-refractivity contribution in [2.24, 2.45) is 17.6 Å². The van der Waals surface area contributed by atoms with E-state index in [1.54, 1.807) is 24.3 Å². The third-order valence-electron chi connectivity index (χ3n) is 4.39. The number of rotatable bonds is 2. The number of likely N-dealkylation sites (tertiary alicyclic amines) is 1.